The van der Waals surface area contributed by atoms with Gasteiger partial charge in [0.05, 0.1) is 0 Å². The van der Waals surface area contributed by atoms with Crippen LogP contribution in [0.2, 0.25) is 0 Å². The van der Waals surface area contributed by atoms with Crippen molar-refractivity contribution in [1.82, 2.24) is 25.3 Å². The first-order valence-electron chi connectivity index (χ1n) is 18.9. The van der Waals surface area contributed by atoms with Crippen molar-refractivity contribution in [2.45, 2.75) is 38.8 Å². The van der Waals surface area contributed by atoms with Crippen LogP contribution >= 0.6 is 0 Å². The molecule has 4 aromatic rings. The molecule has 1 aromatic heterocycles. The lowest BCUT2D eigenvalue weighted by atomic mass is 9.95. The predicted octanol–water partition coefficient (Wildman–Crippen LogP) is 4.29. The standard InChI is InChI=1S/C40H47FN10O3/c1-43-24-27-2-8-32(33(41)22-27)37-36(38(42)53)39-44-34-9-7-31(23-28(34)12-17-51(39)46-37)49-20-18-47(19-21-49)25-26-10-14-48(15-11-26)29-3-5-30(6-4-29)50-16-13-35(52)45-40(50)54/h2-9,22-23,26,43-44H,10-21,24-25H2,1H3,(H2,42,53)(H,45,52,54). The Bertz CT molecular complexity index is 2050. The van der Waals surface area contributed by atoms with Gasteiger partial charge in [-0.2, -0.15) is 5.10 Å². The van der Waals surface area contributed by atoms with Gasteiger partial charge in [-0.3, -0.25) is 24.7 Å². The number of primary amides is 1. The number of aromatic nitrogens is 2. The monoisotopic (exact) mass is 734 g/mol. The van der Waals surface area contributed by atoms with E-state index >= 15 is 4.39 Å². The molecular formula is C40H47FN10O3. The topological polar surface area (TPSA) is 144 Å². The Balaban J connectivity index is 0.848. The average molecular weight is 735 g/mol. The number of amides is 4. The number of nitrogens with zero attached hydrogens (tertiary/aromatic N) is 6. The maximum absolute atomic E-state index is 15.2. The van der Waals surface area contributed by atoms with Gasteiger partial charge in [0.1, 0.15) is 22.9 Å². The van der Waals surface area contributed by atoms with Gasteiger partial charge in [0.2, 0.25) is 5.91 Å². The molecule has 4 aliphatic heterocycles. The Morgan fingerprint density at radius 2 is 1.57 bits per heavy atom. The summed E-state index contributed by atoms with van der Waals surface area (Å²) in [5.41, 5.74) is 12.6. The highest BCUT2D eigenvalue weighted by atomic mass is 19.1. The molecule has 13 nitrogen and oxygen atoms in total. The summed E-state index contributed by atoms with van der Waals surface area (Å²) in [5.74, 6) is -0.175. The SMILES string of the molecule is CNCc1ccc(-c2nn3c(c2C(N)=O)Nc2ccc(N4CCN(CC5CCN(c6ccc(N7CCC(=O)NC7=O)cc6)CC5)CC4)cc2CC3)c(F)c1. The van der Waals surface area contributed by atoms with Crippen LogP contribution in [0.25, 0.3) is 11.3 Å². The second-order valence-electron chi connectivity index (χ2n) is 14.7. The van der Waals surface area contributed by atoms with Crippen molar-refractivity contribution in [1.29, 1.82) is 0 Å². The third-order valence-corrected chi connectivity index (χ3v) is 11.3. The number of hydrogen-bond donors (Lipinski definition) is 4. The molecule has 0 bridgehead atoms. The highest BCUT2D eigenvalue weighted by Crippen LogP contribution is 2.37. The van der Waals surface area contributed by atoms with E-state index < -0.39 is 11.7 Å². The first-order valence-corrected chi connectivity index (χ1v) is 18.9. The minimum Gasteiger partial charge on any atom is -0.372 e. The maximum Gasteiger partial charge on any atom is 0.328 e. The van der Waals surface area contributed by atoms with Gasteiger partial charge in [0.15, 0.2) is 0 Å². The fourth-order valence-corrected chi connectivity index (χ4v) is 8.28. The third kappa shape index (κ3) is 7.23. The summed E-state index contributed by atoms with van der Waals surface area (Å²) >= 11 is 0. The first kappa shape index (κ1) is 35.6. The lowest BCUT2D eigenvalue weighted by Crippen LogP contribution is -2.49. The maximum atomic E-state index is 15.2. The van der Waals surface area contributed by atoms with Crippen LogP contribution < -0.4 is 36.4 Å². The Morgan fingerprint density at radius 3 is 2.28 bits per heavy atom. The second kappa shape index (κ2) is 15.1. The van der Waals surface area contributed by atoms with E-state index in [1.54, 1.807) is 22.7 Å². The van der Waals surface area contributed by atoms with E-state index in [0.717, 1.165) is 81.2 Å². The number of urea groups is 1. The molecule has 0 radical (unpaired) electrons. The minimum absolute atomic E-state index is 0.188. The molecule has 0 atom stereocenters. The summed E-state index contributed by atoms with van der Waals surface area (Å²) in [6, 6.07) is 19.1. The number of aryl methyl sites for hydroxylation is 2. The number of nitrogens with one attached hydrogen (secondary N) is 3. The molecular weight excluding hydrogens is 688 g/mol. The molecule has 3 fully saturated rings. The number of carbonyl (C=O) groups is 3. The number of piperazine rings is 1. The zero-order valence-electron chi connectivity index (χ0n) is 30.6. The second-order valence-corrected chi connectivity index (χ2v) is 14.7. The molecule has 0 unspecified atom stereocenters. The molecule has 0 saturated carbocycles. The summed E-state index contributed by atoms with van der Waals surface area (Å²) in [6.45, 7) is 8.52. The summed E-state index contributed by atoms with van der Waals surface area (Å²) in [7, 11) is 1.81. The molecule has 4 aliphatic rings. The van der Waals surface area contributed by atoms with E-state index in [1.165, 1.54) is 17.4 Å². The van der Waals surface area contributed by atoms with Crippen molar-refractivity contribution in [2.24, 2.45) is 11.7 Å². The largest absolute Gasteiger partial charge is 0.372 e. The molecule has 5 heterocycles. The molecule has 3 saturated heterocycles. The van der Waals surface area contributed by atoms with Gasteiger partial charge in [0.25, 0.3) is 5.91 Å². The Hall–Kier alpha value is -5.47. The number of nitrogens with two attached hydrogens (primary N) is 1. The smallest absolute Gasteiger partial charge is 0.328 e. The summed E-state index contributed by atoms with van der Waals surface area (Å²) in [5, 5.41) is 13.5. The average Bonchev–Trinajstić information content (AvgIpc) is 3.43. The lowest BCUT2D eigenvalue weighted by Gasteiger charge is -2.40. The number of piperidine rings is 1. The van der Waals surface area contributed by atoms with Crippen molar-refractivity contribution >= 4 is 46.4 Å². The van der Waals surface area contributed by atoms with Crippen LogP contribution in [0.1, 0.15) is 40.7 Å². The number of benzene rings is 3. The fourth-order valence-electron chi connectivity index (χ4n) is 8.28. The molecule has 3 aromatic carbocycles. The molecule has 14 heteroatoms. The first-order chi connectivity index (χ1) is 26.2. The zero-order chi connectivity index (χ0) is 37.3. The lowest BCUT2D eigenvalue weighted by molar-refractivity contribution is -0.120. The van der Waals surface area contributed by atoms with Gasteiger partial charge in [-0.25, -0.2) is 13.9 Å². The van der Waals surface area contributed by atoms with Crippen molar-refractivity contribution in [3.8, 4) is 11.3 Å². The normalized spacial score (nSPS) is 18.1. The van der Waals surface area contributed by atoms with E-state index in [4.69, 9.17) is 5.73 Å². The van der Waals surface area contributed by atoms with Crippen LogP contribution in [-0.2, 0) is 24.3 Å². The molecule has 5 N–H and O–H groups in total. The van der Waals surface area contributed by atoms with Crippen LogP contribution in [0.4, 0.5) is 37.8 Å². The van der Waals surface area contributed by atoms with Crippen LogP contribution in [0.3, 0.4) is 0 Å². The highest BCUT2D eigenvalue weighted by Gasteiger charge is 2.29. The van der Waals surface area contributed by atoms with E-state index in [2.05, 4.69) is 66.1 Å². The molecule has 0 aliphatic carbocycles. The number of imide groups is 1. The highest BCUT2D eigenvalue weighted by molar-refractivity contribution is 6.06. The third-order valence-electron chi connectivity index (χ3n) is 11.3. The van der Waals surface area contributed by atoms with Gasteiger partial charge < -0.3 is 26.2 Å². The molecule has 54 heavy (non-hydrogen) atoms. The number of carbonyl (C=O) groups excluding carboxylic acids is 3. The molecule has 4 amide bonds. The van der Waals surface area contributed by atoms with Gasteiger partial charge in [-0.15, -0.1) is 0 Å². The van der Waals surface area contributed by atoms with Crippen molar-refractivity contribution in [3.05, 3.63) is 83.2 Å². The summed E-state index contributed by atoms with van der Waals surface area (Å²) < 4.78 is 17.0. The van der Waals surface area contributed by atoms with E-state index in [9.17, 15) is 14.4 Å². The van der Waals surface area contributed by atoms with E-state index in [-0.39, 0.29) is 28.8 Å². The summed E-state index contributed by atoms with van der Waals surface area (Å²) in [4.78, 5) is 45.6. The number of hydrogen-bond acceptors (Lipinski definition) is 9. The Kier molecular flexibility index (Phi) is 9.95. The van der Waals surface area contributed by atoms with E-state index in [1.807, 2.05) is 18.2 Å². The van der Waals surface area contributed by atoms with Crippen LogP contribution in [0, 0.1) is 11.7 Å². The molecule has 8 rings (SSSR count). The van der Waals surface area contributed by atoms with Gasteiger partial charge in [0, 0.05) is 100 Å². The number of rotatable bonds is 9. The van der Waals surface area contributed by atoms with Gasteiger partial charge >= 0.3 is 6.03 Å². The number of anilines is 5. The van der Waals surface area contributed by atoms with Crippen LogP contribution in [0.5, 0.6) is 0 Å². The minimum atomic E-state index is -0.655. The molecule has 282 valence electrons. The number of fused-ring (bicyclic) bond motifs is 2. The summed E-state index contributed by atoms with van der Waals surface area (Å²) in [6.07, 6.45) is 3.31. The van der Waals surface area contributed by atoms with Crippen LogP contribution in [0.15, 0.2) is 60.7 Å². The van der Waals surface area contributed by atoms with E-state index in [0.29, 0.717) is 44.2 Å². The number of halogens is 1. The fraction of sp³-hybridized carbons (Fsp3) is 0.400. The Labute approximate surface area is 314 Å². The molecule has 0 spiro atoms. The van der Waals surface area contributed by atoms with Crippen molar-refractivity contribution in [3.63, 3.8) is 0 Å². The van der Waals surface area contributed by atoms with Crippen LogP contribution in [-0.4, -0.2) is 91.9 Å². The Morgan fingerprint density at radius 1 is 0.852 bits per heavy atom. The van der Waals surface area contributed by atoms with Crippen molar-refractivity contribution in [2.75, 3.05) is 79.4 Å². The van der Waals surface area contributed by atoms with Gasteiger partial charge in [-0.05, 0) is 98.0 Å². The predicted molar refractivity (Wildman–Crippen MR) is 208 cm³/mol. The zero-order valence-corrected chi connectivity index (χ0v) is 30.6. The quantitative estimate of drug-likeness (QED) is 0.198. The van der Waals surface area contributed by atoms with Crippen molar-refractivity contribution < 1.29 is 18.8 Å². The van der Waals surface area contributed by atoms with Gasteiger partial charge in [-0.1, -0.05) is 6.07 Å².